The SMILES string of the molecule is N#Cc1c(O)nsc1C1CCCO1. The van der Waals surface area contributed by atoms with E-state index >= 15 is 0 Å². The van der Waals surface area contributed by atoms with Crippen molar-refractivity contribution in [2.75, 3.05) is 6.61 Å². The minimum Gasteiger partial charge on any atom is -0.492 e. The van der Waals surface area contributed by atoms with Crippen molar-refractivity contribution in [3.05, 3.63) is 10.4 Å². The summed E-state index contributed by atoms with van der Waals surface area (Å²) < 4.78 is 9.13. The molecule has 1 aromatic heterocycles. The van der Waals surface area contributed by atoms with Gasteiger partial charge in [0.25, 0.3) is 0 Å². The molecule has 0 spiro atoms. The molecule has 2 rings (SSSR count). The Hall–Kier alpha value is -1.12. The van der Waals surface area contributed by atoms with Crippen LogP contribution in [-0.4, -0.2) is 16.1 Å². The van der Waals surface area contributed by atoms with Crippen LogP contribution in [0.1, 0.15) is 29.4 Å². The molecule has 0 radical (unpaired) electrons. The van der Waals surface area contributed by atoms with Crippen LogP contribution < -0.4 is 0 Å². The lowest BCUT2D eigenvalue weighted by molar-refractivity contribution is 0.114. The van der Waals surface area contributed by atoms with E-state index in [9.17, 15) is 5.11 Å². The molecular weight excluding hydrogens is 188 g/mol. The molecule has 13 heavy (non-hydrogen) atoms. The molecule has 0 aromatic carbocycles. The van der Waals surface area contributed by atoms with Crippen molar-refractivity contribution in [2.24, 2.45) is 0 Å². The minimum absolute atomic E-state index is 0.0342. The fourth-order valence-corrected chi connectivity index (χ4v) is 2.21. The maximum Gasteiger partial charge on any atom is 0.241 e. The van der Waals surface area contributed by atoms with Gasteiger partial charge in [-0.3, -0.25) is 0 Å². The van der Waals surface area contributed by atoms with Gasteiger partial charge in [0.05, 0.1) is 11.0 Å². The predicted molar refractivity (Wildman–Crippen MR) is 46.4 cm³/mol. The van der Waals surface area contributed by atoms with Gasteiger partial charge < -0.3 is 9.84 Å². The molecular formula is C8H8N2O2S. The monoisotopic (exact) mass is 196 g/mol. The van der Waals surface area contributed by atoms with Crippen LogP contribution in [0.4, 0.5) is 0 Å². The Morgan fingerprint density at radius 3 is 3.15 bits per heavy atom. The van der Waals surface area contributed by atoms with Crippen molar-refractivity contribution in [2.45, 2.75) is 18.9 Å². The maximum atomic E-state index is 9.21. The Bertz CT molecular complexity index is 350. The molecule has 0 bridgehead atoms. The highest BCUT2D eigenvalue weighted by Gasteiger charge is 2.25. The first-order chi connectivity index (χ1) is 6.33. The second kappa shape index (κ2) is 3.32. The van der Waals surface area contributed by atoms with Gasteiger partial charge in [0.15, 0.2) is 0 Å². The lowest BCUT2D eigenvalue weighted by Gasteiger charge is -2.04. The van der Waals surface area contributed by atoms with Gasteiger partial charge >= 0.3 is 0 Å². The molecule has 1 aromatic rings. The first-order valence-electron chi connectivity index (χ1n) is 4.03. The Kier molecular flexibility index (Phi) is 2.17. The second-order valence-electron chi connectivity index (χ2n) is 2.86. The second-order valence-corrected chi connectivity index (χ2v) is 3.66. The highest BCUT2D eigenvalue weighted by atomic mass is 32.1. The maximum absolute atomic E-state index is 9.21. The first kappa shape index (κ1) is 8.48. The van der Waals surface area contributed by atoms with Crippen molar-refractivity contribution in [3.63, 3.8) is 0 Å². The van der Waals surface area contributed by atoms with Crippen LogP contribution in [0.15, 0.2) is 0 Å². The Morgan fingerprint density at radius 1 is 1.69 bits per heavy atom. The molecule has 0 amide bonds. The van der Waals surface area contributed by atoms with Gasteiger partial charge in [0.1, 0.15) is 11.6 Å². The Labute approximate surface area is 79.6 Å². The number of nitriles is 1. The van der Waals surface area contributed by atoms with Gasteiger partial charge in [-0.1, -0.05) is 0 Å². The molecule has 1 unspecified atom stereocenters. The van der Waals surface area contributed by atoms with Crippen LogP contribution in [-0.2, 0) is 4.74 Å². The van der Waals surface area contributed by atoms with E-state index in [1.54, 1.807) is 0 Å². The fourth-order valence-electron chi connectivity index (χ4n) is 1.40. The van der Waals surface area contributed by atoms with Crippen molar-refractivity contribution < 1.29 is 9.84 Å². The number of rotatable bonds is 1. The highest BCUT2D eigenvalue weighted by Crippen LogP contribution is 2.36. The van der Waals surface area contributed by atoms with E-state index in [0.29, 0.717) is 0 Å². The van der Waals surface area contributed by atoms with Crippen molar-refractivity contribution in [1.82, 2.24) is 4.37 Å². The summed E-state index contributed by atoms with van der Waals surface area (Å²) in [6.07, 6.45) is 1.89. The van der Waals surface area contributed by atoms with Crippen LogP contribution in [0.5, 0.6) is 5.88 Å². The number of nitrogens with zero attached hydrogens (tertiary/aromatic N) is 2. The molecule has 1 atom stereocenters. The van der Waals surface area contributed by atoms with Crippen LogP contribution in [0.3, 0.4) is 0 Å². The standard InChI is InChI=1S/C8H8N2O2S/c9-4-5-7(13-10-8(5)11)6-2-1-3-12-6/h6H,1-3H2,(H,10,11). The topological polar surface area (TPSA) is 66.1 Å². The van der Waals surface area contributed by atoms with Gasteiger partial charge in [-0.05, 0) is 24.4 Å². The number of hydrogen-bond acceptors (Lipinski definition) is 5. The van der Waals surface area contributed by atoms with Crippen LogP contribution >= 0.6 is 11.5 Å². The zero-order chi connectivity index (χ0) is 9.26. The summed E-state index contributed by atoms with van der Waals surface area (Å²) in [5.74, 6) is -0.169. The van der Waals surface area contributed by atoms with Crippen molar-refractivity contribution in [1.29, 1.82) is 5.26 Å². The van der Waals surface area contributed by atoms with Crippen molar-refractivity contribution >= 4 is 11.5 Å². The van der Waals surface area contributed by atoms with Crippen molar-refractivity contribution in [3.8, 4) is 11.9 Å². The third kappa shape index (κ3) is 1.39. The normalized spacial score (nSPS) is 21.6. The average Bonchev–Trinajstić information content (AvgIpc) is 2.71. The summed E-state index contributed by atoms with van der Waals surface area (Å²) in [6, 6.07) is 1.94. The third-order valence-electron chi connectivity index (χ3n) is 2.03. The Morgan fingerprint density at radius 2 is 2.54 bits per heavy atom. The molecule has 1 saturated heterocycles. The van der Waals surface area contributed by atoms with E-state index < -0.39 is 0 Å². The average molecular weight is 196 g/mol. The van der Waals surface area contributed by atoms with E-state index in [2.05, 4.69) is 4.37 Å². The summed E-state index contributed by atoms with van der Waals surface area (Å²) in [5.41, 5.74) is 0.275. The number of aromatic hydroxyl groups is 1. The third-order valence-corrected chi connectivity index (χ3v) is 2.96. The molecule has 1 aliphatic rings. The molecule has 5 heteroatoms. The summed E-state index contributed by atoms with van der Waals surface area (Å²) in [7, 11) is 0. The van der Waals surface area contributed by atoms with E-state index in [4.69, 9.17) is 10.00 Å². The van der Waals surface area contributed by atoms with Gasteiger partial charge in [0, 0.05) is 6.61 Å². The fraction of sp³-hybridized carbons (Fsp3) is 0.500. The number of ether oxygens (including phenoxy) is 1. The summed E-state index contributed by atoms with van der Waals surface area (Å²) in [6.45, 7) is 0.730. The van der Waals surface area contributed by atoms with Gasteiger partial charge in [-0.15, -0.1) is 0 Å². The Balaban J connectivity index is 2.34. The molecule has 0 saturated carbocycles. The quantitative estimate of drug-likeness (QED) is 0.740. The van der Waals surface area contributed by atoms with Gasteiger partial charge in [-0.2, -0.15) is 9.64 Å². The predicted octanol–water partition coefficient (Wildman–Crippen LogP) is 1.57. The minimum atomic E-state index is -0.169. The zero-order valence-electron chi connectivity index (χ0n) is 6.86. The smallest absolute Gasteiger partial charge is 0.241 e. The number of hydrogen-bond donors (Lipinski definition) is 1. The first-order valence-corrected chi connectivity index (χ1v) is 4.80. The molecule has 0 aliphatic carbocycles. The summed E-state index contributed by atoms with van der Waals surface area (Å²) >= 11 is 1.15. The molecule has 2 heterocycles. The van der Waals surface area contributed by atoms with Crippen LogP contribution in [0.2, 0.25) is 0 Å². The zero-order valence-corrected chi connectivity index (χ0v) is 7.67. The molecule has 1 N–H and O–H groups in total. The lowest BCUT2D eigenvalue weighted by Crippen LogP contribution is -1.94. The van der Waals surface area contributed by atoms with E-state index in [-0.39, 0.29) is 17.5 Å². The largest absolute Gasteiger partial charge is 0.492 e. The van der Waals surface area contributed by atoms with Crippen LogP contribution in [0.25, 0.3) is 0 Å². The van der Waals surface area contributed by atoms with E-state index in [1.165, 1.54) is 0 Å². The summed E-state index contributed by atoms with van der Waals surface area (Å²) in [4.78, 5) is 0.762. The molecule has 68 valence electrons. The van der Waals surface area contributed by atoms with Gasteiger partial charge in [0.2, 0.25) is 5.88 Å². The lowest BCUT2D eigenvalue weighted by atomic mass is 10.1. The van der Waals surface area contributed by atoms with E-state index in [0.717, 1.165) is 35.9 Å². The van der Waals surface area contributed by atoms with E-state index in [1.807, 2.05) is 6.07 Å². The molecule has 1 fully saturated rings. The highest BCUT2D eigenvalue weighted by molar-refractivity contribution is 7.06. The number of aromatic nitrogens is 1. The molecule has 1 aliphatic heterocycles. The molecule has 4 nitrogen and oxygen atoms in total. The summed E-state index contributed by atoms with van der Waals surface area (Å²) in [5, 5.41) is 18.0. The van der Waals surface area contributed by atoms with Gasteiger partial charge in [-0.25, -0.2) is 0 Å². The van der Waals surface area contributed by atoms with Crippen LogP contribution in [0, 0.1) is 11.3 Å².